The number of halogens is 1. The van der Waals surface area contributed by atoms with E-state index in [4.69, 9.17) is 4.74 Å². The van der Waals surface area contributed by atoms with Gasteiger partial charge in [0, 0.05) is 38.4 Å². The average molecular weight is 251 g/mol. The van der Waals surface area contributed by atoms with E-state index in [-0.39, 0.29) is 5.82 Å². The van der Waals surface area contributed by atoms with E-state index < -0.39 is 0 Å². The lowest BCUT2D eigenvalue weighted by atomic mass is 10.2. The summed E-state index contributed by atoms with van der Waals surface area (Å²) < 4.78 is 19.0. The van der Waals surface area contributed by atoms with E-state index in [9.17, 15) is 4.39 Å². The van der Waals surface area contributed by atoms with Crippen LogP contribution in [0.4, 0.5) is 10.2 Å². The maximum absolute atomic E-state index is 13.7. The number of hydrogen-bond acceptors (Lipinski definition) is 4. The van der Waals surface area contributed by atoms with Crippen molar-refractivity contribution in [1.82, 2.24) is 9.88 Å². The molecule has 2 aliphatic rings. The predicted molar refractivity (Wildman–Crippen MR) is 67.2 cm³/mol. The molecule has 0 radical (unpaired) electrons. The minimum atomic E-state index is -0.222. The number of pyridine rings is 1. The first kappa shape index (κ1) is 11.9. The summed E-state index contributed by atoms with van der Waals surface area (Å²) in [7, 11) is 0. The fourth-order valence-electron chi connectivity index (χ4n) is 2.78. The Hall–Kier alpha value is -1.20. The Balaban J connectivity index is 1.66. The third-order valence-corrected chi connectivity index (χ3v) is 3.76. The molecule has 0 aliphatic carbocycles. The number of ether oxygens (including phenoxy) is 1. The van der Waals surface area contributed by atoms with Crippen LogP contribution in [-0.4, -0.2) is 55.3 Å². The van der Waals surface area contributed by atoms with Crippen molar-refractivity contribution < 1.29 is 9.13 Å². The molecule has 0 amide bonds. The van der Waals surface area contributed by atoms with Gasteiger partial charge in [0.05, 0.1) is 13.2 Å². The van der Waals surface area contributed by atoms with Crippen LogP contribution in [-0.2, 0) is 4.74 Å². The summed E-state index contributed by atoms with van der Waals surface area (Å²) in [5, 5.41) is 0. The highest BCUT2D eigenvalue weighted by Crippen LogP contribution is 2.23. The molecule has 0 saturated carbocycles. The minimum Gasteiger partial charge on any atom is -0.379 e. The third kappa shape index (κ3) is 2.33. The van der Waals surface area contributed by atoms with Gasteiger partial charge in [0.15, 0.2) is 11.6 Å². The Kier molecular flexibility index (Phi) is 3.43. The van der Waals surface area contributed by atoms with Crippen LogP contribution in [0.5, 0.6) is 0 Å². The smallest absolute Gasteiger partial charge is 0.165 e. The molecule has 0 spiro atoms. The molecule has 1 aromatic rings. The molecule has 0 aromatic carbocycles. The lowest BCUT2D eigenvalue weighted by Gasteiger charge is -2.32. The number of morpholine rings is 1. The minimum absolute atomic E-state index is 0.222. The normalized spacial score (nSPS) is 25.6. The molecule has 4 nitrogen and oxygen atoms in total. The van der Waals surface area contributed by atoms with Crippen molar-refractivity contribution >= 4 is 5.82 Å². The first-order valence-corrected chi connectivity index (χ1v) is 6.52. The monoisotopic (exact) mass is 251 g/mol. The molecule has 18 heavy (non-hydrogen) atoms. The number of hydrogen-bond donors (Lipinski definition) is 0. The van der Waals surface area contributed by atoms with Gasteiger partial charge in [0.25, 0.3) is 0 Å². The van der Waals surface area contributed by atoms with Crippen molar-refractivity contribution in [1.29, 1.82) is 0 Å². The van der Waals surface area contributed by atoms with Crippen molar-refractivity contribution in [2.24, 2.45) is 0 Å². The molecule has 0 bridgehead atoms. The molecule has 1 atom stereocenters. The topological polar surface area (TPSA) is 28.6 Å². The molecule has 3 heterocycles. The first-order chi connectivity index (χ1) is 8.84. The van der Waals surface area contributed by atoms with Crippen LogP contribution in [0, 0.1) is 5.82 Å². The molecule has 0 N–H and O–H groups in total. The first-order valence-electron chi connectivity index (χ1n) is 6.52. The van der Waals surface area contributed by atoms with Crippen LogP contribution in [0.2, 0.25) is 0 Å². The van der Waals surface area contributed by atoms with Gasteiger partial charge in [-0.25, -0.2) is 9.37 Å². The van der Waals surface area contributed by atoms with Crippen molar-refractivity contribution in [3.05, 3.63) is 24.1 Å². The lowest BCUT2D eigenvalue weighted by Crippen LogP contribution is -2.44. The molecular formula is C13H18FN3O. The molecular weight excluding hydrogens is 233 g/mol. The molecule has 1 unspecified atom stereocenters. The van der Waals surface area contributed by atoms with Crippen LogP contribution in [0.3, 0.4) is 0 Å². The highest BCUT2D eigenvalue weighted by molar-refractivity contribution is 5.41. The van der Waals surface area contributed by atoms with Crippen molar-refractivity contribution in [2.45, 2.75) is 12.5 Å². The van der Waals surface area contributed by atoms with Gasteiger partial charge in [0.2, 0.25) is 0 Å². The molecule has 98 valence electrons. The molecule has 2 aliphatic heterocycles. The zero-order valence-corrected chi connectivity index (χ0v) is 10.4. The maximum Gasteiger partial charge on any atom is 0.165 e. The summed E-state index contributed by atoms with van der Waals surface area (Å²) >= 11 is 0. The number of aromatic nitrogens is 1. The second-order valence-corrected chi connectivity index (χ2v) is 4.85. The number of anilines is 1. The lowest BCUT2D eigenvalue weighted by molar-refractivity contribution is 0.0209. The van der Waals surface area contributed by atoms with Crippen molar-refractivity contribution in [2.75, 3.05) is 44.3 Å². The Bertz CT molecular complexity index is 409. The summed E-state index contributed by atoms with van der Waals surface area (Å²) in [5.41, 5.74) is 0. The number of nitrogens with zero attached hydrogens (tertiary/aromatic N) is 3. The van der Waals surface area contributed by atoms with E-state index in [0.29, 0.717) is 11.9 Å². The molecule has 3 rings (SSSR count). The SMILES string of the molecule is Fc1cccnc1N1CCC(N2CCOCC2)C1. The second kappa shape index (κ2) is 5.20. The number of rotatable bonds is 2. The van der Waals surface area contributed by atoms with Gasteiger partial charge in [-0.3, -0.25) is 4.90 Å². The van der Waals surface area contributed by atoms with Crippen molar-refractivity contribution in [3.63, 3.8) is 0 Å². The Morgan fingerprint density at radius 3 is 2.89 bits per heavy atom. The fourth-order valence-corrected chi connectivity index (χ4v) is 2.78. The molecule has 5 heteroatoms. The van der Waals surface area contributed by atoms with E-state index >= 15 is 0 Å². The second-order valence-electron chi connectivity index (χ2n) is 4.85. The van der Waals surface area contributed by atoms with Gasteiger partial charge in [-0.2, -0.15) is 0 Å². The van der Waals surface area contributed by atoms with Gasteiger partial charge in [0.1, 0.15) is 0 Å². The Morgan fingerprint density at radius 1 is 1.28 bits per heavy atom. The highest BCUT2D eigenvalue weighted by Gasteiger charge is 2.30. The zero-order valence-electron chi connectivity index (χ0n) is 10.4. The third-order valence-electron chi connectivity index (χ3n) is 3.76. The van der Waals surface area contributed by atoms with E-state index in [1.807, 2.05) is 0 Å². The van der Waals surface area contributed by atoms with Gasteiger partial charge in [-0.15, -0.1) is 0 Å². The highest BCUT2D eigenvalue weighted by atomic mass is 19.1. The summed E-state index contributed by atoms with van der Waals surface area (Å²) in [6, 6.07) is 3.62. The van der Waals surface area contributed by atoms with Crippen LogP contribution < -0.4 is 4.90 Å². The van der Waals surface area contributed by atoms with E-state index in [1.165, 1.54) is 6.07 Å². The fraction of sp³-hybridized carbons (Fsp3) is 0.615. The Labute approximate surface area is 106 Å². The van der Waals surface area contributed by atoms with Gasteiger partial charge in [-0.05, 0) is 18.6 Å². The molecule has 1 aromatic heterocycles. The summed E-state index contributed by atoms with van der Waals surface area (Å²) in [5.74, 6) is 0.272. The van der Waals surface area contributed by atoms with E-state index in [1.54, 1.807) is 12.3 Å². The van der Waals surface area contributed by atoms with Crippen molar-refractivity contribution in [3.8, 4) is 0 Å². The van der Waals surface area contributed by atoms with Gasteiger partial charge >= 0.3 is 0 Å². The van der Waals surface area contributed by atoms with Crippen LogP contribution in [0.15, 0.2) is 18.3 Å². The van der Waals surface area contributed by atoms with Gasteiger partial charge < -0.3 is 9.64 Å². The molecule has 2 fully saturated rings. The predicted octanol–water partition coefficient (Wildman–Crippen LogP) is 1.13. The Morgan fingerprint density at radius 2 is 2.11 bits per heavy atom. The maximum atomic E-state index is 13.7. The zero-order chi connectivity index (χ0) is 12.4. The van der Waals surface area contributed by atoms with E-state index in [0.717, 1.165) is 45.8 Å². The van der Waals surface area contributed by atoms with Crippen LogP contribution >= 0.6 is 0 Å². The summed E-state index contributed by atoms with van der Waals surface area (Å²) in [4.78, 5) is 8.65. The molecule has 2 saturated heterocycles. The van der Waals surface area contributed by atoms with E-state index in [2.05, 4.69) is 14.8 Å². The quantitative estimate of drug-likeness (QED) is 0.788. The largest absolute Gasteiger partial charge is 0.379 e. The van der Waals surface area contributed by atoms with Crippen LogP contribution in [0.1, 0.15) is 6.42 Å². The summed E-state index contributed by atoms with van der Waals surface area (Å²) in [6.07, 6.45) is 2.73. The average Bonchev–Trinajstić information content (AvgIpc) is 2.90. The standard InChI is InChI=1S/C13H18FN3O/c14-12-2-1-4-15-13(12)17-5-3-11(10-17)16-6-8-18-9-7-16/h1-2,4,11H,3,5-10H2. The summed E-state index contributed by atoms with van der Waals surface area (Å²) in [6.45, 7) is 5.36. The van der Waals surface area contributed by atoms with Gasteiger partial charge in [-0.1, -0.05) is 0 Å². The van der Waals surface area contributed by atoms with Crippen LogP contribution in [0.25, 0.3) is 0 Å².